The van der Waals surface area contributed by atoms with Gasteiger partial charge in [-0.2, -0.15) is 0 Å². The standard InChI is InChI=1S/C27H33N3O3/c1-19-6-4-7-20(18-19)25-24(26(31)28-12-5-13-29-14-16-33-17-15-29)22-8-2-3-9-23(22)27(32)30(25)21-10-11-21/h2-4,6-9,18,21,24-25H,5,10-17H2,1H3,(H,28,31)/t24-,25+/m1/s1. The maximum Gasteiger partial charge on any atom is 0.254 e. The Morgan fingerprint density at radius 2 is 1.88 bits per heavy atom. The second-order valence-electron chi connectivity index (χ2n) is 9.47. The quantitative estimate of drug-likeness (QED) is 0.662. The number of hydrogen-bond donors (Lipinski definition) is 1. The third-order valence-corrected chi connectivity index (χ3v) is 7.04. The van der Waals surface area contributed by atoms with Gasteiger partial charge in [-0.05, 0) is 49.9 Å². The predicted octanol–water partition coefficient (Wildman–Crippen LogP) is 3.28. The Bertz CT molecular complexity index is 1010. The van der Waals surface area contributed by atoms with Crippen molar-refractivity contribution in [2.75, 3.05) is 39.4 Å². The number of benzene rings is 2. The molecule has 174 valence electrons. The van der Waals surface area contributed by atoms with E-state index in [0.29, 0.717) is 12.1 Å². The third-order valence-electron chi connectivity index (χ3n) is 7.04. The van der Waals surface area contributed by atoms with E-state index in [1.165, 1.54) is 0 Å². The molecule has 2 aromatic carbocycles. The molecule has 0 bridgehead atoms. The first-order valence-corrected chi connectivity index (χ1v) is 12.2. The first kappa shape index (κ1) is 22.1. The van der Waals surface area contributed by atoms with Crippen LogP contribution in [0.4, 0.5) is 0 Å². The normalized spacial score (nSPS) is 23.3. The molecule has 6 nitrogen and oxygen atoms in total. The van der Waals surface area contributed by atoms with Crippen LogP contribution in [0.2, 0.25) is 0 Å². The smallest absolute Gasteiger partial charge is 0.254 e. The zero-order valence-electron chi connectivity index (χ0n) is 19.3. The summed E-state index contributed by atoms with van der Waals surface area (Å²) >= 11 is 0. The zero-order chi connectivity index (χ0) is 22.8. The summed E-state index contributed by atoms with van der Waals surface area (Å²) in [5.74, 6) is -0.352. The fraction of sp³-hybridized carbons (Fsp3) is 0.481. The number of amides is 2. The molecule has 1 N–H and O–H groups in total. The number of ether oxygens (including phenoxy) is 1. The minimum atomic E-state index is -0.412. The molecular formula is C27H33N3O3. The first-order chi connectivity index (χ1) is 16.1. The maximum atomic E-state index is 13.7. The van der Waals surface area contributed by atoms with E-state index < -0.39 is 5.92 Å². The minimum Gasteiger partial charge on any atom is -0.379 e. The molecule has 2 amide bonds. The van der Waals surface area contributed by atoms with E-state index in [9.17, 15) is 9.59 Å². The maximum absolute atomic E-state index is 13.7. The number of hydrogen-bond acceptors (Lipinski definition) is 4. The van der Waals surface area contributed by atoms with Crippen molar-refractivity contribution in [1.29, 1.82) is 0 Å². The summed E-state index contributed by atoms with van der Waals surface area (Å²) in [6, 6.07) is 15.9. The lowest BCUT2D eigenvalue weighted by Crippen LogP contribution is -2.48. The van der Waals surface area contributed by atoms with Crippen LogP contribution in [-0.4, -0.2) is 67.0 Å². The molecule has 6 heteroatoms. The third kappa shape index (κ3) is 4.68. The number of nitrogens with zero attached hydrogens (tertiary/aromatic N) is 2. The lowest BCUT2D eigenvalue weighted by atomic mass is 9.78. The average molecular weight is 448 g/mol. The molecule has 3 aliphatic rings. The predicted molar refractivity (Wildman–Crippen MR) is 127 cm³/mol. The second kappa shape index (κ2) is 9.65. The van der Waals surface area contributed by atoms with E-state index in [-0.39, 0.29) is 23.9 Å². The van der Waals surface area contributed by atoms with Crippen molar-refractivity contribution in [3.8, 4) is 0 Å². The van der Waals surface area contributed by atoms with Crippen LogP contribution in [0.3, 0.4) is 0 Å². The van der Waals surface area contributed by atoms with Crippen LogP contribution in [0.25, 0.3) is 0 Å². The molecular weight excluding hydrogens is 414 g/mol. The second-order valence-corrected chi connectivity index (χ2v) is 9.47. The highest BCUT2D eigenvalue weighted by atomic mass is 16.5. The summed E-state index contributed by atoms with van der Waals surface area (Å²) < 4.78 is 5.42. The summed E-state index contributed by atoms with van der Waals surface area (Å²) in [5.41, 5.74) is 3.69. The van der Waals surface area contributed by atoms with Crippen LogP contribution in [-0.2, 0) is 9.53 Å². The van der Waals surface area contributed by atoms with Crippen LogP contribution >= 0.6 is 0 Å². The summed E-state index contributed by atoms with van der Waals surface area (Å²) in [7, 11) is 0. The van der Waals surface area contributed by atoms with Crippen molar-refractivity contribution < 1.29 is 14.3 Å². The Hall–Kier alpha value is -2.70. The number of aryl methyl sites for hydroxylation is 1. The van der Waals surface area contributed by atoms with Gasteiger partial charge in [-0.25, -0.2) is 0 Å². The van der Waals surface area contributed by atoms with Crippen LogP contribution in [0.1, 0.15) is 58.3 Å². The van der Waals surface area contributed by atoms with Gasteiger partial charge in [0.05, 0.1) is 25.2 Å². The lowest BCUT2D eigenvalue weighted by Gasteiger charge is -2.42. The number of nitrogens with one attached hydrogen (secondary N) is 1. The molecule has 0 unspecified atom stereocenters. The van der Waals surface area contributed by atoms with E-state index in [0.717, 1.165) is 68.8 Å². The van der Waals surface area contributed by atoms with E-state index in [1.54, 1.807) is 0 Å². The van der Waals surface area contributed by atoms with Gasteiger partial charge in [-0.1, -0.05) is 48.0 Å². The van der Waals surface area contributed by atoms with Gasteiger partial charge >= 0.3 is 0 Å². The molecule has 2 fully saturated rings. The number of carbonyl (C=O) groups excluding carboxylic acids is 2. The number of fused-ring (bicyclic) bond motifs is 1. The molecule has 2 aromatic rings. The van der Waals surface area contributed by atoms with Crippen molar-refractivity contribution in [1.82, 2.24) is 15.1 Å². The molecule has 1 aliphatic carbocycles. The van der Waals surface area contributed by atoms with Crippen LogP contribution in [0.5, 0.6) is 0 Å². The summed E-state index contributed by atoms with van der Waals surface area (Å²) in [6.07, 6.45) is 2.91. The van der Waals surface area contributed by atoms with Crippen LogP contribution < -0.4 is 5.32 Å². The van der Waals surface area contributed by atoms with E-state index >= 15 is 0 Å². The lowest BCUT2D eigenvalue weighted by molar-refractivity contribution is -0.124. The molecule has 5 rings (SSSR count). The molecule has 2 atom stereocenters. The highest BCUT2D eigenvalue weighted by Crippen LogP contribution is 2.47. The van der Waals surface area contributed by atoms with Gasteiger partial charge in [0, 0.05) is 31.2 Å². The van der Waals surface area contributed by atoms with E-state index in [1.807, 2.05) is 35.2 Å². The molecule has 2 heterocycles. The summed E-state index contributed by atoms with van der Waals surface area (Å²) in [5, 5.41) is 3.21. The number of morpholine rings is 1. The Balaban J connectivity index is 1.41. The van der Waals surface area contributed by atoms with Crippen LogP contribution in [0, 0.1) is 6.92 Å². The Kier molecular flexibility index (Phi) is 6.47. The number of rotatable bonds is 7. The number of carbonyl (C=O) groups is 2. The Morgan fingerprint density at radius 3 is 2.64 bits per heavy atom. The monoisotopic (exact) mass is 447 g/mol. The van der Waals surface area contributed by atoms with Gasteiger partial charge in [0.25, 0.3) is 5.91 Å². The fourth-order valence-electron chi connectivity index (χ4n) is 5.25. The van der Waals surface area contributed by atoms with Gasteiger partial charge in [-0.3, -0.25) is 14.5 Å². The topological polar surface area (TPSA) is 61.9 Å². The zero-order valence-corrected chi connectivity index (χ0v) is 19.3. The molecule has 0 aromatic heterocycles. The highest BCUT2D eigenvalue weighted by Gasteiger charge is 2.48. The SMILES string of the molecule is Cc1cccc([C@H]2[C@H](C(=O)NCCCN3CCOCC3)c3ccccc3C(=O)N2C2CC2)c1. The Morgan fingerprint density at radius 1 is 1.09 bits per heavy atom. The molecule has 2 aliphatic heterocycles. The van der Waals surface area contributed by atoms with Crippen molar-refractivity contribution >= 4 is 11.8 Å². The summed E-state index contributed by atoms with van der Waals surface area (Å²) in [6.45, 7) is 7.13. The molecule has 33 heavy (non-hydrogen) atoms. The largest absolute Gasteiger partial charge is 0.379 e. The van der Waals surface area contributed by atoms with Gasteiger partial charge < -0.3 is 15.0 Å². The van der Waals surface area contributed by atoms with Gasteiger partial charge in [-0.15, -0.1) is 0 Å². The Labute approximate surface area is 195 Å². The van der Waals surface area contributed by atoms with Crippen molar-refractivity contribution in [3.05, 3.63) is 70.8 Å². The molecule has 0 spiro atoms. The van der Waals surface area contributed by atoms with Gasteiger partial charge in [0.2, 0.25) is 5.91 Å². The van der Waals surface area contributed by atoms with Gasteiger partial charge in [0.1, 0.15) is 0 Å². The van der Waals surface area contributed by atoms with Crippen molar-refractivity contribution in [3.63, 3.8) is 0 Å². The van der Waals surface area contributed by atoms with E-state index in [2.05, 4.69) is 35.3 Å². The molecule has 1 saturated carbocycles. The van der Waals surface area contributed by atoms with Crippen LogP contribution in [0.15, 0.2) is 48.5 Å². The van der Waals surface area contributed by atoms with E-state index in [4.69, 9.17) is 4.74 Å². The minimum absolute atomic E-state index is 0.00841. The van der Waals surface area contributed by atoms with Crippen molar-refractivity contribution in [2.45, 2.75) is 44.2 Å². The average Bonchev–Trinajstić information content (AvgIpc) is 3.67. The fourth-order valence-corrected chi connectivity index (χ4v) is 5.25. The molecule has 1 saturated heterocycles. The highest BCUT2D eigenvalue weighted by molar-refractivity contribution is 6.01. The first-order valence-electron chi connectivity index (χ1n) is 12.2. The van der Waals surface area contributed by atoms with Crippen molar-refractivity contribution in [2.24, 2.45) is 0 Å². The molecule has 0 radical (unpaired) electrons. The summed E-state index contributed by atoms with van der Waals surface area (Å²) in [4.78, 5) is 31.6. The van der Waals surface area contributed by atoms with Gasteiger partial charge in [0.15, 0.2) is 0 Å².